The van der Waals surface area contributed by atoms with Gasteiger partial charge < -0.3 is 10.6 Å². The first-order valence-electron chi connectivity index (χ1n) is 6.00. The Balaban J connectivity index is 3.02. The first-order valence-corrected chi connectivity index (χ1v) is 6.00. The highest BCUT2D eigenvalue weighted by Crippen LogP contribution is 2.22. The Morgan fingerprint density at radius 1 is 1.33 bits per heavy atom. The number of pyridine rings is 1. The number of nitro groups is 1. The maximum absolute atomic E-state index is 10.9. The fourth-order valence-corrected chi connectivity index (χ4v) is 1.41. The van der Waals surface area contributed by atoms with Gasteiger partial charge in [-0.1, -0.05) is 6.92 Å². The highest BCUT2D eigenvalue weighted by atomic mass is 16.6. The second-order valence-corrected chi connectivity index (χ2v) is 5.15. The van der Waals surface area contributed by atoms with Crippen LogP contribution in [-0.2, 0) is 0 Å². The Kier molecular flexibility index (Phi) is 4.47. The lowest BCUT2D eigenvalue weighted by atomic mass is 10.1. The molecule has 0 aromatic carbocycles. The molecule has 0 saturated carbocycles. The Bertz CT molecular complexity index is 427. The van der Waals surface area contributed by atoms with Crippen LogP contribution in [0.3, 0.4) is 0 Å². The summed E-state index contributed by atoms with van der Waals surface area (Å²) in [6.07, 6.45) is 0.937. The summed E-state index contributed by atoms with van der Waals surface area (Å²) in [5.74, 6) is 1.04. The molecular weight excluding hydrogens is 232 g/mol. The van der Waals surface area contributed by atoms with Crippen LogP contribution in [0.5, 0.6) is 0 Å². The molecule has 6 nitrogen and oxygen atoms in total. The molecular formula is C12H20N4O2. The predicted molar refractivity (Wildman–Crippen MR) is 73.0 cm³/mol. The first kappa shape index (κ1) is 14.2. The molecule has 0 radical (unpaired) electrons. The van der Waals surface area contributed by atoms with E-state index in [1.807, 2.05) is 27.7 Å². The van der Waals surface area contributed by atoms with E-state index in [2.05, 4.69) is 15.6 Å². The maximum atomic E-state index is 10.9. The van der Waals surface area contributed by atoms with E-state index in [0.717, 1.165) is 13.0 Å². The van der Waals surface area contributed by atoms with E-state index in [1.165, 1.54) is 12.1 Å². The van der Waals surface area contributed by atoms with Gasteiger partial charge in [-0.25, -0.2) is 4.98 Å². The topological polar surface area (TPSA) is 80.1 Å². The summed E-state index contributed by atoms with van der Waals surface area (Å²) in [4.78, 5) is 14.8. The second-order valence-electron chi connectivity index (χ2n) is 5.15. The van der Waals surface area contributed by atoms with Crippen LogP contribution in [0.4, 0.5) is 17.3 Å². The molecule has 100 valence electrons. The Hall–Kier alpha value is -1.85. The number of aromatic nitrogens is 1. The quantitative estimate of drug-likeness (QED) is 0.622. The van der Waals surface area contributed by atoms with Crippen LogP contribution in [0.25, 0.3) is 0 Å². The summed E-state index contributed by atoms with van der Waals surface area (Å²) in [7, 11) is 0. The van der Waals surface area contributed by atoms with Gasteiger partial charge in [0.15, 0.2) is 0 Å². The van der Waals surface area contributed by atoms with E-state index < -0.39 is 4.92 Å². The zero-order valence-electron chi connectivity index (χ0n) is 11.3. The molecule has 0 atom stereocenters. The third-order valence-corrected chi connectivity index (χ3v) is 2.08. The molecule has 0 saturated heterocycles. The average Bonchev–Trinajstić information content (AvgIpc) is 2.23. The van der Waals surface area contributed by atoms with Gasteiger partial charge in [0.1, 0.15) is 11.6 Å². The summed E-state index contributed by atoms with van der Waals surface area (Å²) in [5.41, 5.74) is -0.153. The molecule has 0 amide bonds. The van der Waals surface area contributed by atoms with Crippen molar-refractivity contribution in [3.8, 4) is 0 Å². The molecule has 2 N–H and O–H groups in total. The molecule has 0 bridgehead atoms. The van der Waals surface area contributed by atoms with Gasteiger partial charge in [-0.05, 0) is 27.2 Å². The van der Waals surface area contributed by atoms with Crippen LogP contribution in [0.2, 0.25) is 0 Å². The molecule has 1 rings (SSSR count). The van der Waals surface area contributed by atoms with Crippen LogP contribution in [0, 0.1) is 10.1 Å². The lowest BCUT2D eigenvalue weighted by Gasteiger charge is -2.21. The van der Waals surface area contributed by atoms with Gasteiger partial charge in [0.2, 0.25) is 0 Å². The van der Waals surface area contributed by atoms with Crippen LogP contribution in [0.15, 0.2) is 12.1 Å². The van der Waals surface area contributed by atoms with Crippen molar-refractivity contribution in [2.45, 2.75) is 39.7 Å². The minimum absolute atomic E-state index is 0.0374. The number of nitrogens with one attached hydrogen (secondary N) is 2. The summed E-state index contributed by atoms with van der Waals surface area (Å²) >= 11 is 0. The van der Waals surface area contributed by atoms with E-state index in [0.29, 0.717) is 11.6 Å². The lowest BCUT2D eigenvalue weighted by Crippen LogP contribution is -2.26. The number of hydrogen-bond donors (Lipinski definition) is 2. The van der Waals surface area contributed by atoms with Crippen molar-refractivity contribution in [2.24, 2.45) is 0 Å². The van der Waals surface area contributed by atoms with Gasteiger partial charge in [0.05, 0.1) is 17.1 Å². The van der Waals surface area contributed by atoms with Gasteiger partial charge in [0, 0.05) is 12.1 Å². The van der Waals surface area contributed by atoms with Crippen molar-refractivity contribution in [1.82, 2.24) is 4.98 Å². The van der Waals surface area contributed by atoms with Crippen molar-refractivity contribution in [3.63, 3.8) is 0 Å². The lowest BCUT2D eigenvalue weighted by molar-refractivity contribution is -0.384. The molecule has 0 aliphatic heterocycles. The Morgan fingerprint density at radius 2 is 1.94 bits per heavy atom. The standard InChI is InChI=1S/C12H20N4O2/c1-5-6-13-10-7-9(16(17)18)8-11(14-10)15-12(2,3)4/h7-8H,5-6H2,1-4H3,(H2,13,14,15). The van der Waals surface area contributed by atoms with Gasteiger partial charge in [-0.3, -0.25) is 10.1 Å². The predicted octanol–water partition coefficient (Wildman–Crippen LogP) is 3.02. The Morgan fingerprint density at radius 3 is 2.44 bits per heavy atom. The minimum atomic E-state index is -0.410. The molecule has 0 unspecified atom stereocenters. The third-order valence-electron chi connectivity index (χ3n) is 2.08. The smallest absolute Gasteiger partial charge is 0.276 e. The maximum Gasteiger partial charge on any atom is 0.276 e. The van der Waals surface area contributed by atoms with Crippen molar-refractivity contribution in [3.05, 3.63) is 22.2 Å². The molecule has 0 spiro atoms. The van der Waals surface area contributed by atoms with Crippen LogP contribution >= 0.6 is 0 Å². The normalized spacial score (nSPS) is 11.1. The second kappa shape index (κ2) is 5.66. The molecule has 0 aliphatic carbocycles. The Labute approximate surface area is 107 Å². The van der Waals surface area contributed by atoms with Gasteiger partial charge in [-0.2, -0.15) is 0 Å². The van der Waals surface area contributed by atoms with E-state index in [4.69, 9.17) is 0 Å². The van der Waals surface area contributed by atoms with Gasteiger partial charge in [0.25, 0.3) is 5.69 Å². The summed E-state index contributed by atoms with van der Waals surface area (Å²) in [5, 5.41) is 17.1. The van der Waals surface area contributed by atoms with E-state index in [-0.39, 0.29) is 11.2 Å². The van der Waals surface area contributed by atoms with Crippen LogP contribution in [0.1, 0.15) is 34.1 Å². The fourth-order valence-electron chi connectivity index (χ4n) is 1.41. The monoisotopic (exact) mass is 252 g/mol. The van der Waals surface area contributed by atoms with Crippen LogP contribution in [-0.4, -0.2) is 22.0 Å². The fraction of sp³-hybridized carbons (Fsp3) is 0.583. The van der Waals surface area contributed by atoms with Crippen molar-refractivity contribution < 1.29 is 4.92 Å². The van der Waals surface area contributed by atoms with Crippen molar-refractivity contribution >= 4 is 17.3 Å². The number of nitrogens with zero attached hydrogens (tertiary/aromatic N) is 2. The summed E-state index contributed by atoms with van der Waals surface area (Å²) < 4.78 is 0. The average molecular weight is 252 g/mol. The molecule has 0 aliphatic rings. The molecule has 1 heterocycles. The highest BCUT2D eigenvalue weighted by molar-refractivity contribution is 5.55. The first-order chi connectivity index (χ1) is 8.31. The van der Waals surface area contributed by atoms with E-state index in [1.54, 1.807) is 0 Å². The van der Waals surface area contributed by atoms with Crippen molar-refractivity contribution in [2.75, 3.05) is 17.2 Å². The van der Waals surface area contributed by atoms with Gasteiger partial charge >= 0.3 is 0 Å². The highest BCUT2D eigenvalue weighted by Gasteiger charge is 2.15. The van der Waals surface area contributed by atoms with Gasteiger partial charge in [-0.15, -0.1) is 0 Å². The summed E-state index contributed by atoms with van der Waals surface area (Å²) in [6, 6.07) is 2.89. The van der Waals surface area contributed by atoms with Crippen molar-refractivity contribution in [1.29, 1.82) is 0 Å². The van der Waals surface area contributed by atoms with E-state index in [9.17, 15) is 10.1 Å². The summed E-state index contributed by atoms with van der Waals surface area (Å²) in [6.45, 7) is 8.70. The molecule has 18 heavy (non-hydrogen) atoms. The SMILES string of the molecule is CCCNc1cc([N+](=O)[O-])cc(NC(C)(C)C)n1. The molecule has 0 fully saturated rings. The molecule has 1 aromatic rings. The van der Waals surface area contributed by atoms with E-state index >= 15 is 0 Å². The minimum Gasteiger partial charge on any atom is -0.370 e. The number of anilines is 2. The zero-order valence-corrected chi connectivity index (χ0v) is 11.3. The largest absolute Gasteiger partial charge is 0.370 e. The molecule has 1 aromatic heterocycles. The van der Waals surface area contributed by atoms with Crippen LogP contribution < -0.4 is 10.6 Å². The third kappa shape index (κ3) is 4.57. The molecule has 6 heteroatoms. The number of hydrogen-bond acceptors (Lipinski definition) is 5. The zero-order chi connectivity index (χ0) is 13.8. The number of rotatable bonds is 5.